The second-order valence-corrected chi connectivity index (χ2v) is 7.45. The van der Waals surface area contributed by atoms with Crippen LogP contribution in [0.5, 0.6) is 0 Å². The van der Waals surface area contributed by atoms with Gasteiger partial charge in [-0.25, -0.2) is 0 Å². The maximum atomic E-state index is 12.2. The van der Waals surface area contributed by atoms with E-state index < -0.39 is 0 Å². The lowest BCUT2D eigenvalue weighted by atomic mass is 10.2. The van der Waals surface area contributed by atoms with Crippen LogP contribution in [0.3, 0.4) is 0 Å². The number of aromatic nitrogens is 1. The summed E-state index contributed by atoms with van der Waals surface area (Å²) in [6.07, 6.45) is 1.65. The molecule has 1 aliphatic rings. The Morgan fingerprint density at radius 3 is 2.46 bits per heavy atom. The second-order valence-electron chi connectivity index (χ2n) is 7.45. The molecule has 1 aromatic heterocycles. The van der Waals surface area contributed by atoms with Gasteiger partial charge in [0.1, 0.15) is 5.69 Å². The molecule has 1 aliphatic heterocycles. The molecule has 0 atom stereocenters. The van der Waals surface area contributed by atoms with Crippen LogP contribution in [0.15, 0.2) is 42.6 Å². The zero-order valence-corrected chi connectivity index (χ0v) is 17.0. The van der Waals surface area contributed by atoms with Crippen molar-refractivity contribution in [2.24, 2.45) is 0 Å². The number of nitrogens with one attached hydrogen (secondary N) is 2. The van der Waals surface area contributed by atoms with Gasteiger partial charge in [-0.05, 0) is 57.5 Å². The van der Waals surface area contributed by atoms with Gasteiger partial charge < -0.3 is 25.3 Å². The lowest BCUT2D eigenvalue weighted by Crippen LogP contribution is -2.44. The highest BCUT2D eigenvalue weighted by Crippen LogP contribution is 2.22. The van der Waals surface area contributed by atoms with E-state index in [1.165, 1.54) is 5.69 Å². The van der Waals surface area contributed by atoms with Gasteiger partial charge in [0.2, 0.25) is 0 Å². The van der Waals surface area contributed by atoms with E-state index in [-0.39, 0.29) is 5.91 Å². The quantitative estimate of drug-likeness (QED) is 0.762. The minimum absolute atomic E-state index is 0.157. The molecule has 2 N–H and O–H groups in total. The van der Waals surface area contributed by atoms with E-state index in [0.717, 1.165) is 44.1 Å². The van der Waals surface area contributed by atoms with Crippen LogP contribution in [0.25, 0.3) is 0 Å². The number of carbonyl (C=O) groups excluding carboxylic acids is 1. The average molecular weight is 383 g/mol. The maximum absolute atomic E-state index is 12.2. The molecule has 2 aromatic rings. The maximum Gasteiger partial charge on any atom is 0.269 e. The molecule has 2 heterocycles. The van der Waals surface area contributed by atoms with Gasteiger partial charge in [0.15, 0.2) is 0 Å². The number of hydrogen-bond donors (Lipinski definition) is 2. The SMILES string of the molecule is CN(C)CCNC(=O)c1cc(Nc2ccc(N3CCN(C)CC3)cc2)ccn1. The van der Waals surface area contributed by atoms with Crippen LogP contribution in [0, 0.1) is 0 Å². The number of benzene rings is 1. The molecule has 0 radical (unpaired) electrons. The number of carbonyl (C=O) groups is 1. The largest absolute Gasteiger partial charge is 0.369 e. The summed E-state index contributed by atoms with van der Waals surface area (Å²) in [4.78, 5) is 23.2. The third kappa shape index (κ3) is 5.68. The highest BCUT2D eigenvalue weighted by atomic mass is 16.1. The Bertz CT molecular complexity index is 769. The Morgan fingerprint density at radius 1 is 1.07 bits per heavy atom. The normalized spacial score (nSPS) is 14.9. The summed E-state index contributed by atoms with van der Waals surface area (Å²) in [5.41, 5.74) is 3.50. The fourth-order valence-electron chi connectivity index (χ4n) is 3.10. The van der Waals surface area contributed by atoms with Gasteiger partial charge in [-0.3, -0.25) is 9.78 Å². The average Bonchev–Trinajstić information content (AvgIpc) is 2.69. The summed E-state index contributed by atoms with van der Waals surface area (Å²) in [5.74, 6) is -0.157. The lowest BCUT2D eigenvalue weighted by molar-refractivity contribution is 0.0946. The van der Waals surface area contributed by atoms with Gasteiger partial charge in [0, 0.05) is 62.5 Å². The van der Waals surface area contributed by atoms with Crippen LogP contribution in [-0.4, -0.2) is 81.1 Å². The molecule has 1 saturated heterocycles. The molecular formula is C21H30N6O. The number of likely N-dealkylation sites (N-methyl/N-ethyl adjacent to an activating group) is 2. The Labute approximate surface area is 167 Å². The van der Waals surface area contributed by atoms with Crippen LogP contribution in [0.1, 0.15) is 10.5 Å². The molecule has 0 unspecified atom stereocenters. The standard InChI is InChI=1S/C21H30N6O/c1-25(2)11-10-23-21(28)20-16-18(8-9-22-20)24-17-4-6-19(7-5-17)27-14-12-26(3)13-15-27/h4-9,16H,10-15H2,1-3H3,(H,22,24)(H,23,28). The molecule has 1 fully saturated rings. The molecule has 0 aliphatic carbocycles. The van der Waals surface area contributed by atoms with Crippen molar-refractivity contribution in [2.75, 3.05) is 70.6 Å². The smallest absolute Gasteiger partial charge is 0.269 e. The number of piperazine rings is 1. The Kier molecular flexibility index (Phi) is 6.84. The third-order valence-corrected chi connectivity index (χ3v) is 4.86. The summed E-state index contributed by atoms with van der Waals surface area (Å²) in [6.45, 7) is 5.69. The number of amides is 1. The van der Waals surface area contributed by atoms with Gasteiger partial charge in [0.05, 0.1) is 0 Å². The van der Waals surface area contributed by atoms with Gasteiger partial charge in [-0.15, -0.1) is 0 Å². The Balaban J connectivity index is 1.58. The van der Waals surface area contributed by atoms with Crippen molar-refractivity contribution in [3.63, 3.8) is 0 Å². The fraction of sp³-hybridized carbons (Fsp3) is 0.429. The molecule has 1 amide bonds. The highest BCUT2D eigenvalue weighted by Gasteiger charge is 2.14. The molecule has 150 valence electrons. The highest BCUT2D eigenvalue weighted by molar-refractivity contribution is 5.93. The minimum atomic E-state index is -0.157. The van der Waals surface area contributed by atoms with E-state index in [0.29, 0.717) is 12.2 Å². The van der Waals surface area contributed by atoms with E-state index >= 15 is 0 Å². The summed E-state index contributed by atoms with van der Waals surface area (Å²) in [5, 5.41) is 6.24. The van der Waals surface area contributed by atoms with Crippen molar-refractivity contribution >= 4 is 23.0 Å². The molecule has 0 spiro atoms. The summed E-state index contributed by atoms with van der Waals surface area (Å²) in [6, 6.07) is 12.1. The lowest BCUT2D eigenvalue weighted by Gasteiger charge is -2.34. The second kappa shape index (κ2) is 9.52. The van der Waals surface area contributed by atoms with Gasteiger partial charge in [0.25, 0.3) is 5.91 Å². The molecule has 3 rings (SSSR count). The van der Waals surface area contributed by atoms with Crippen molar-refractivity contribution in [3.8, 4) is 0 Å². The monoisotopic (exact) mass is 382 g/mol. The molecule has 7 nitrogen and oxygen atoms in total. The molecule has 7 heteroatoms. The molecule has 28 heavy (non-hydrogen) atoms. The van der Waals surface area contributed by atoms with E-state index in [1.807, 2.05) is 25.1 Å². The molecule has 1 aromatic carbocycles. The van der Waals surface area contributed by atoms with E-state index in [1.54, 1.807) is 12.3 Å². The van der Waals surface area contributed by atoms with Crippen LogP contribution < -0.4 is 15.5 Å². The number of pyridine rings is 1. The van der Waals surface area contributed by atoms with E-state index in [2.05, 4.69) is 56.7 Å². The van der Waals surface area contributed by atoms with Crippen LogP contribution in [0.2, 0.25) is 0 Å². The van der Waals surface area contributed by atoms with Crippen molar-refractivity contribution in [3.05, 3.63) is 48.3 Å². The first-order valence-corrected chi connectivity index (χ1v) is 9.71. The first kappa shape index (κ1) is 20.1. The topological polar surface area (TPSA) is 63.7 Å². The number of anilines is 3. The Hall–Kier alpha value is -2.64. The van der Waals surface area contributed by atoms with Crippen LogP contribution >= 0.6 is 0 Å². The number of nitrogens with zero attached hydrogens (tertiary/aromatic N) is 4. The minimum Gasteiger partial charge on any atom is -0.369 e. The van der Waals surface area contributed by atoms with Crippen molar-refractivity contribution in [1.29, 1.82) is 0 Å². The summed E-state index contributed by atoms with van der Waals surface area (Å²) >= 11 is 0. The predicted octanol–water partition coefficient (Wildman–Crippen LogP) is 1.87. The summed E-state index contributed by atoms with van der Waals surface area (Å²) in [7, 11) is 6.11. The van der Waals surface area contributed by atoms with Crippen molar-refractivity contribution < 1.29 is 4.79 Å². The van der Waals surface area contributed by atoms with Crippen LogP contribution in [-0.2, 0) is 0 Å². The fourth-order valence-corrected chi connectivity index (χ4v) is 3.10. The number of hydrogen-bond acceptors (Lipinski definition) is 6. The van der Waals surface area contributed by atoms with E-state index in [4.69, 9.17) is 0 Å². The van der Waals surface area contributed by atoms with Gasteiger partial charge >= 0.3 is 0 Å². The summed E-state index contributed by atoms with van der Waals surface area (Å²) < 4.78 is 0. The van der Waals surface area contributed by atoms with E-state index in [9.17, 15) is 4.79 Å². The van der Waals surface area contributed by atoms with Crippen molar-refractivity contribution in [1.82, 2.24) is 20.1 Å². The molecule has 0 bridgehead atoms. The molecule has 0 saturated carbocycles. The molecular weight excluding hydrogens is 352 g/mol. The predicted molar refractivity (Wildman–Crippen MR) is 115 cm³/mol. The first-order valence-electron chi connectivity index (χ1n) is 9.71. The first-order chi connectivity index (χ1) is 13.5. The Morgan fingerprint density at radius 2 is 1.79 bits per heavy atom. The van der Waals surface area contributed by atoms with Gasteiger partial charge in [-0.2, -0.15) is 0 Å². The third-order valence-electron chi connectivity index (χ3n) is 4.86. The van der Waals surface area contributed by atoms with Gasteiger partial charge in [-0.1, -0.05) is 0 Å². The zero-order chi connectivity index (χ0) is 19.9. The van der Waals surface area contributed by atoms with Crippen molar-refractivity contribution in [2.45, 2.75) is 0 Å². The van der Waals surface area contributed by atoms with Crippen LogP contribution in [0.4, 0.5) is 17.1 Å². The zero-order valence-electron chi connectivity index (χ0n) is 17.0. The number of rotatable bonds is 7.